The number of aromatic nitrogens is 1. The third-order valence-corrected chi connectivity index (χ3v) is 15.7. The van der Waals surface area contributed by atoms with E-state index in [1.54, 1.807) is 0 Å². The molecule has 0 fully saturated rings. The van der Waals surface area contributed by atoms with Crippen LogP contribution in [-0.2, 0) is 11.8 Å². The van der Waals surface area contributed by atoms with Gasteiger partial charge in [0.25, 0.3) is 0 Å². The van der Waals surface area contributed by atoms with Gasteiger partial charge in [0.15, 0.2) is 5.71 Å². The van der Waals surface area contributed by atoms with Crippen LogP contribution in [0.5, 0.6) is 0 Å². The first-order valence-electron chi connectivity index (χ1n) is 22.2. The van der Waals surface area contributed by atoms with Crippen LogP contribution in [0.2, 0.25) is 0 Å². The van der Waals surface area contributed by atoms with Crippen LogP contribution in [0.3, 0.4) is 0 Å². The Morgan fingerprint density at radius 2 is 1.39 bits per heavy atom. The molecule has 1 aliphatic carbocycles. The summed E-state index contributed by atoms with van der Waals surface area (Å²) in [5.74, 6) is 0. The number of thiophene rings is 1. The van der Waals surface area contributed by atoms with Gasteiger partial charge < -0.3 is 13.8 Å². The van der Waals surface area contributed by atoms with Gasteiger partial charge >= 0.3 is 6.85 Å². The van der Waals surface area contributed by atoms with E-state index >= 15 is 0 Å². The smallest absolute Gasteiger partial charge is 0.336 e. The second-order valence-electron chi connectivity index (χ2n) is 18.2. The lowest BCUT2D eigenvalue weighted by atomic mass is 9.44. The third-order valence-electron chi connectivity index (χ3n) is 14.5. The maximum atomic E-state index is 7.08. The summed E-state index contributed by atoms with van der Waals surface area (Å²) in [5.41, 5.74) is 21.3. The Morgan fingerprint density at radius 3 is 2.27 bits per heavy atom. The highest BCUT2D eigenvalue weighted by molar-refractivity contribution is 7.26. The summed E-state index contributed by atoms with van der Waals surface area (Å²) in [7, 11) is 0. The Bertz CT molecular complexity index is 3740. The number of fused-ring (bicyclic) bond motifs is 17. The van der Waals surface area contributed by atoms with Gasteiger partial charge in [-0.15, -0.1) is 11.3 Å². The molecule has 0 saturated carbocycles. The van der Waals surface area contributed by atoms with E-state index in [1.165, 1.54) is 126 Å². The van der Waals surface area contributed by atoms with Crippen LogP contribution in [0, 0.1) is 0 Å². The molecular formula is C57H41BN2OS. The largest absolute Gasteiger partial charge is 0.441 e. The van der Waals surface area contributed by atoms with Gasteiger partial charge in [-0.1, -0.05) is 149 Å². The molecule has 3 aliphatic rings. The number of furan rings is 1. The molecule has 5 heteroatoms. The molecule has 0 N–H and O–H groups in total. The lowest BCUT2D eigenvalue weighted by Crippen LogP contribution is -2.57. The zero-order valence-corrected chi connectivity index (χ0v) is 35.7. The van der Waals surface area contributed by atoms with Crippen LogP contribution in [0.1, 0.15) is 50.3 Å². The van der Waals surface area contributed by atoms with E-state index < -0.39 is 0 Å². The van der Waals surface area contributed by atoms with E-state index in [0.717, 1.165) is 24.1 Å². The number of anilines is 3. The predicted molar refractivity (Wildman–Crippen MR) is 264 cm³/mol. The molecule has 0 saturated heterocycles. The maximum absolute atomic E-state index is 7.08. The number of unbranched alkanes of at least 4 members (excludes halogenated alkanes) is 1. The van der Waals surface area contributed by atoms with E-state index in [2.05, 4.69) is 188 Å². The average Bonchev–Trinajstić information content (AvgIpc) is 4.04. The highest BCUT2D eigenvalue weighted by atomic mass is 32.1. The van der Waals surface area contributed by atoms with E-state index in [-0.39, 0.29) is 12.3 Å². The molecule has 294 valence electrons. The number of benzene rings is 8. The fourth-order valence-corrected chi connectivity index (χ4v) is 12.9. The number of hydrogen-bond acceptors (Lipinski definition) is 3. The van der Waals surface area contributed by atoms with Gasteiger partial charge in [0.05, 0.1) is 16.8 Å². The Morgan fingerprint density at radius 1 is 0.613 bits per heavy atom. The molecule has 5 heterocycles. The standard InChI is InChI=1S/C57H41BN2OS/c1-4-5-16-33-27-29-44(40(31-33)34-17-7-6-8-18-34)59-45-32-42-50(35-19-9-12-24-41(35)57(42,2)3)52-39-23-15-22-38-49-36-20-10-13-25-46(36)61-56(49)60(54(38)39)58(53(45)52)43-28-30-48-51(55(43)59)37-21-11-14-26-47(37)62-48/h6-15,17-32H,4-5,16H2,1-3H3. The van der Waals surface area contributed by atoms with Crippen molar-refractivity contribution in [3.63, 3.8) is 0 Å². The van der Waals surface area contributed by atoms with Crippen LogP contribution in [0.25, 0.3) is 86.5 Å². The summed E-state index contributed by atoms with van der Waals surface area (Å²) in [4.78, 5) is 2.70. The lowest BCUT2D eigenvalue weighted by molar-refractivity contribution is 0.650. The summed E-state index contributed by atoms with van der Waals surface area (Å²) < 4.78 is 12.3. The van der Waals surface area contributed by atoms with Crippen LogP contribution in [0.15, 0.2) is 162 Å². The second-order valence-corrected chi connectivity index (χ2v) is 19.2. The van der Waals surface area contributed by atoms with Crippen LogP contribution < -0.4 is 15.8 Å². The maximum Gasteiger partial charge on any atom is 0.336 e. The summed E-state index contributed by atoms with van der Waals surface area (Å²) in [6, 6.07) is 59.6. The molecule has 0 atom stereocenters. The van der Waals surface area contributed by atoms with Gasteiger partial charge in [-0.05, 0) is 99.1 Å². The van der Waals surface area contributed by atoms with Gasteiger partial charge in [-0.2, -0.15) is 0 Å². The van der Waals surface area contributed by atoms with E-state index in [4.69, 9.17) is 4.42 Å². The summed E-state index contributed by atoms with van der Waals surface area (Å²) in [5, 5.41) is 6.23. The average molecular weight is 813 g/mol. The van der Waals surface area contributed by atoms with Gasteiger partial charge in [-0.25, -0.2) is 0 Å². The molecule has 0 radical (unpaired) electrons. The molecule has 14 rings (SSSR count). The van der Waals surface area contributed by atoms with Crippen molar-refractivity contribution in [2.75, 3.05) is 4.90 Å². The minimum Gasteiger partial charge on any atom is -0.441 e. The number of para-hydroxylation sites is 2. The lowest BCUT2D eigenvalue weighted by Gasteiger charge is -2.42. The van der Waals surface area contributed by atoms with Crippen molar-refractivity contribution in [2.24, 2.45) is 0 Å². The topological polar surface area (TPSA) is 21.3 Å². The summed E-state index contributed by atoms with van der Waals surface area (Å²) in [6.07, 6.45) is 3.39. The first-order valence-corrected chi connectivity index (χ1v) is 23.0. The van der Waals surface area contributed by atoms with Gasteiger partial charge in [-0.3, -0.25) is 0 Å². The van der Waals surface area contributed by atoms with E-state index in [9.17, 15) is 0 Å². The first kappa shape index (κ1) is 34.8. The molecule has 0 spiro atoms. The van der Waals surface area contributed by atoms with Crippen LogP contribution in [0.4, 0.5) is 17.1 Å². The monoisotopic (exact) mass is 812 g/mol. The van der Waals surface area contributed by atoms with Crippen molar-refractivity contribution in [1.29, 1.82) is 0 Å². The molecule has 0 unspecified atom stereocenters. The quantitative estimate of drug-likeness (QED) is 0.161. The minimum absolute atomic E-state index is 0.144. The van der Waals surface area contributed by atoms with E-state index in [1.807, 2.05) is 11.3 Å². The van der Waals surface area contributed by atoms with Gasteiger partial charge in [0, 0.05) is 58.7 Å². The fourth-order valence-electron chi connectivity index (χ4n) is 11.8. The molecule has 3 aromatic heterocycles. The molecule has 0 bridgehead atoms. The Hall–Kier alpha value is -6.82. The summed E-state index contributed by atoms with van der Waals surface area (Å²) in [6.45, 7) is 7.01. The predicted octanol–water partition coefficient (Wildman–Crippen LogP) is 14.6. The number of nitrogens with zero attached hydrogens (tertiary/aromatic N) is 2. The van der Waals surface area contributed by atoms with Crippen molar-refractivity contribution in [1.82, 2.24) is 4.48 Å². The minimum atomic E-state index is -0.219. The molecular weight excluding hydrogens is 772 g/mol. The zero-order chi connectivity index (χ0) is 41.0. The number of rotatable bonds is 5. The van der Waals surface area contributed by atoms with Crippen molar-refractivity contribution >= 4 is 99.3 Å². The summed E-state index contributed by atoms with van der Waals surface area (Å²) >= 11 is 1.90. The number of aryl methyl sites for hydroxylation is 1. The van der Waals surface area contributed by atoms with Gasteiger partial charge in [0.2, 0.25) is 0 Å². The number of hydrogen-bond donors (Lipinski definition) is 0. The molecule has 11 aromatic rings. The van der Waals surface area contributed by atoms with Crippen LogP contribution in [-0.4, -0.2) is 11.3 Å². The first-order chi connectivity index (χ1) is 30.5. The van der Waals surface area contributed by atoms with Gasteiger partial charge in [0.1, 0.15) is 5.58 Å². The normalized spacial score (nSPS) is 14.3. The van der Waals surface area contributed by atoms with Crippen molar-refractivity contribution < 1.29 is 4.42 Å². The Labute approximate surface area is 364 Å². The van der Waals surface area contributed by atoms with Crippen molar-refractivity contribution in [2.45, 2.75) is 45.4 Å². The third kappa shape index (κ3) is 4.36. The Kier molecular flexibility index (Phi) is 6.97. The highest BCUT2D eigenvalue weighted by Crippen LogP contribution is 2.58. The Balaban J connectivity index is 1.21. The molecule has 0 amide bonds. The molecule has 8 aromatic carbocycles. The van der Waals surface area contributed by atoms with Crippen molar-refractivity contribution in [3.8, 4) is 33.4 Å². The van der Waals surface area contributed by atoms with E-state index in [0.29, 0.717) is 0 Å². The molecule has 62 heavy (non-hydrogen) atoms. The molecule has 2 aliphatic heterocycles. The SMILES string of the molecule is CCCCc1ccc(N2c3cc4c(c5c3B(c3ccc6sc7ccccc7c6c32)n2c3oc6ccccc6c3c3cccc-5c32)-c2ccccc2C4(C)C)c(-c2ccccc2)c1. The van der Waals surface area contributed by atoms with Crippen LogP contribution >= 0.6 is 11.3 Å². The highest BCUT2D eigenvalue weighted by Gasteiger charge is 2.49. The zero-order valence-electron chi connectivity index (χ0n) is 34.9. The fraction of sp³-hybridized carbons (Fsp3) is 0.123. The second kappa shape index (κ2) is 12.4. The van der Waals surface area contributed by atoms with Crippen molar-refractivity contribution in [3.05, 3.63) is 174 Å². The molecule has 3 nitrogen and oxygen atoms in total.